The molecule has 2 N–H and O–H groups in total. The summed E-state index contributed by atoms with van der Waals surface area (Å²) in [5, 5.41) is 16.3. The van der Waals surface area contributed by atoms with Crippen molar-refractivity contribution in [3.8, 4) is 11.5 Å². The molecule has 0 spiro atoms. The molecule has 0 saturated carbocycles. The molecule has 0 radical (unpaired) electrons. The second kappa shape index (κ2) is 7.54. The molecular weight excluding hydrogens is 270 g/mol. The lowest BCUT2D eigenvalue weighted by atomic mass is 10.2. The lowest BCUT2D eigenvalue weighted by Crippen LogP contribution is -2.02. The van der Waals surface area contributed by atoms with E-state index < -0.39 is 0 Å². The van der Waals surface area contributed by atoms with Crippen molar-refractivity contribution in [3.05, 3.63) is 36.2 Å². The first-order valence-corrected chi connectivity index (χ1v) is 6.93. The summed E-state index contributed by atoms with van der Waals surface area (Å²) in [6, 6.07) is 5.74. The SMILES string of the molecule is CCOc1ccc(NCc2cnn(CCO)c2)cc1OC. The van der Waals surface area contributed by atoms with Gasteiger partial charge in [-0.3, -0.25) is 4.68 Å². The lowest BCUT2D eigenvalue weighted by Gasteiger charge is -2.11. The molecule has 1 heterocycles. The van der Waals surface area contributed by atoms with Gasteiger partial charge in [-0.05, 0) is 19.1 Å². The fraction of sp³-hybridized carbons (Fsp3) is 0.400. The fourth-order valence-corrected chi connectivity index (χ4v) is 1.98. The van der Waals surface area contributed by atoms with Crippen LogP contribution in [0.1, 0.15) is 12.5 Å². The van der Waals surface area contributed by atoms with Crippen molar-refractivity contribution >= 4 is 5.69 Å². The van der Waals surface area contributed by atoms with Crippen LogP contribution in [0.25, 0.3) is 0 Å². The maximum absolute atomic E-state index is 8.86. The number of hydrogen-bond acceptors (Lipinski definition) is 5. The van der Waals surface area contributed by atoms with Crippen LogP contribution in [0.2, 0.25) is 0 Å². The van der Waals surface area contributed by atoms with Crippen LogP contribution >= 0.6 is 0 Å². The fourth-order valence-electron chi connectivity index (χ4n) is 1.98. The quantitative estimate of drug-likeness (QED) is 0.777. The first-order valence-electron chi connectivity index (χ1n) is 6.93. The van der Waals surface area contributed by atoms with Crippen molar-refractivity contribution in [1.29, 1.82) is 0 Å². The molecule has 2 aromatic rings. The summed E-state index contributed by atoms with van der Waals surface area (Å²) in [6.07, 6.45) is 3.70. The predicted molar refractivity (Wildman–Crippen MR) is 80.8 cm³/mol. The van der Waals surface area contributed by atoms with Crippen LogP contribution in [0.3, 0.4) is 0 Å². The van der Waals surface area contributed by atoms with E-state index in [9.17, 15) is 0 Å². The summed E-state index contributed by atoms with van der Waals surface area (Å²) in [7, 11) is 1.63. The van der Waals surface area contributed by atoms with Gasteiger partial charge in [0.1, 0.15) is 0 Å². The molecule has 114 valence electrons. The second-order valence-electron chi connectivity index (χ2n) is 4.49. The Hall–Kier alpha value is -2.21. The minimum Gasteiger partial charge on any atom is -0.493 e. The van der Waals surface area contributed by atoms with Gasteiger partial charge in [0, 0.05) is 30.1 Å². The minimum atomic E-state index is 0.0879. The van der Waals surface area contributed by atoms with Gasteiger partial charge in [-0.15, -0.1) is 0 Å². The number of ether oxygens (including phenoxy) is 2. The molecule has 1 aromatic carbocycles. The van der Waals surface area contributed by atoms with Crippen LogP contribution in [0.5, 0.6) is 11.5 Å². The molecule has 0 bridgehead atoms. The Morgan fingerprint density at radius 2 is 2.19 bits per heavy atom. The van der Waals surface area contributed by atoms with Gasteiger partial charge < -0.3 is 19.9 Å². The van der Waals surface area contributed by atoms with Crippen molar-refractivity contribution in [2.45, 2.75) is 20.0 Å². The van der Waals surface area contributed by atoms with Gasteiger partial charge in [0.05, 0.1) is 33.1 Å². The van der Waals surface area contributed by atoms with E-state index in [2.05, 4.69) is 10.4 Å². The van der Waals surface area contributed by atoms with E-state index in [1.54, 1.807) is 18.0 Å². The number of aromatic nitrogens is 2. The zero-order valence-corrected chi connectivity index (χ0v) is 12.4. The standard InChI is InChI=1S/C15H21N3O3/c1-3-21-14-5-4-13(8-15(14)20-2)16-9-12-10-17-18(11-12)6-7-19/h4-5,8,10-11,16,19H,3,6-7,9H2,1-2H3. The monoisotopic (exact) mass is 291 g/mol. The van der Waals surface area contributed by atoms with Crippen molar-refractivity contribution in [2.75, 3.05) is 25.6 Å². The number of hydrogen-bond donors (Lipinski definition) is 2. The van der Waals surface area contributed by atoms with E-state index in [-0.39, 0.29) is 6.61 Å². The van der Waals surface area contributed by atoms with Crippen LogP contribution in [0.15, 0.2) is 30.6 Å². The number of nitrogens with zero attached hydrogens (tertiary/aromatic N) is 2. The summed E-state index contributed by atoms with van der Waals surface area (Å²) in [6.45, 7) is 3.80. The van der Waals surface area contributed by atoms with Gasteiger partial charge in [0.2, 0.25) is 0 Å². The Morgan fingerprint density at radius 3 is 2.90 bits per heavy atom. The highest BCUT2D eigenvalue weighted by Gasteiger charge is 2.05. The third-order valence-corrected chi connectivity index (χ3v) is 2.98. The summed E-state index contributed by atoms with van der Waals surface area (Å²) in [5.74, 6) is 1.44. The van der Waals surface area contributed by atoms with E-state index >= 15 is 0 Å². The number of anilines is 1. The Kier molecular flexibility index (Phi) is 5.45. The molecule has 0 fully saturated rings. The maximum atomic E-state index is 8.86. The molecule has 6 heteroatoms. The van der Waals surface area contributed by atoms with Crippen molar-refractivity contribution in [1.82, 2.24) is 9.78 Å². The summed E-state index contributed by atoms with van der Waals surface area (Å²) < 4.78 is 12.5. The molecule has 0 atom stereocenters. The second-order valence-corrected chi connectivity index (χ2v) is 4.49. The summed E-state index contributed by atoms with van der Waals surface area (Å²) in [5.41, 5.74) is 2.00. The highest BCUT2D eigenvalue weighted by Crippen LogP contribution is 2.30. The Labute approximate surface area is 124 Å². The highest BCUT2D eigenvalue weighted by molar-refractivity contribution is 5.54. The van der Waals surface area contributed by atoms with Gasteiger partial charge in [-0.25, -0.2) is 0 Å². The highest BCUT2D eigenvalue weighted by atomic mass is 16.5. The molecule has 6 nitrogen and oxygen atoms in total. The number of nitrogens with one attached hydrogen (secondary N) is 1. The topological polar surface area (TPSA) is 68.5 Å². The molecule has 1 aromatic heterocycles. The van der Waals surface area contributed by atoms with Crippen LogP contribution in [-0.2, 0) is 13.1 Å². The van der Waals surface area contributed by atoms with E-state index in [4.69, 9.17) is 14.6 Å². The summed E-state index contributed by atoms with van der Waals surface area (Å²) >= 11 is 0. The van der Waals surface area contributed by atoms with E-state index in [0.717, 1.165) is 17.0 Å². The third-order valence-electron chi connectivity index (χ3n) is 2.98. The molecule has 0 aliphatic heterocycles. The van der Waals surface area contributed by atoms with Crippen LogP contribution in [-0.4, -0.2) is 35.2 Å². The molecule has 21 heavy (non-hydrogen) atoms. The molecular formula is C15H21N3O3. The Bertz CT molecular complexity index is 569. The molecule has 0 saturated heterocycles. The van der Waals surface area contributed by atoms with Gasteiger partial charge in [0.15, 0.2) is 11.5 Å². The molecule has 2 rings (SSSR count). The first kappa shape index (κ1) is 15.2. The van der Waals surface area contributed by atoms with Gasteiger partial charge >= 0.3 is 0 Å². The average molecular weight is 291 g/mol. The van der Waals surface area contributed by atoms with E-state index in [1.807, 2.05) is 31.3 Å². The van der Waals surface area contributed by atoms with Crippen molar-refractivity contribution in [3.63, 3.8) is 0 Å². The normalized spacial score (nSPS) is 10.4. The number of benzene rings is 1. The summed E-state index contributed by atoms with van der Waals surface area (Å²) in [4.78, 5) is 0. The van der Waals surface area contributed by atoms with Crippen LogP contribution in [0, 0.1) is 0 Å². The maximum Gasteiger partial charge on any atom is 0.162 e. The molecule has 0 amide bonds. The van der Waals surface area contributed by atoms with E-state index in [1.165, 1.54) is 0 Å². The largest absolute Gasteiger partial charge is 0.493 e. The number of aliphatic hydroxyl groups is 1. The minimum absolute atomic E-state index is 0.0879. The van der Waals surface area contributed by atoms with Crippen molar-refractivity contribution in [2.24, 2.45) is 0 Å². The predicted octanol–water partition coefficient (Wildman–Crippen LogP) is 1.89. The first-order chi connectivity index (χ1) is 10.3. The molecule has 0 aliphatic rings. The van der Waals surface area contributed by atoms with Gasteiger partial charge in [-0.1, -0.05) is 0 Å². The molecule has 0 unspecified atom stereocenters. The van der Waals surface area contributed by atoms with Crippen LogP contribution < -0.4 is 14.8 Å². The zero-order chi connectivity index (χ0) is 15.1. The third kappa shape index (κ3) is 4.13. The molecule has 0 aliphatic carbocycles. The van der Waals surface area contributed by atoms with Gasteiger partial charge in [0.25, 0.3) is 0 Å². The number of methoxy groups -OCH3 is 1. The van der Waals surface area contributed by atoms with Crippen molar-refractivity contribution < 1.29 is 14.6 Å². The zero-order valence-electron chi connectivity index (χ0n) is 12.4. The average Bonchev–Trinajstić information content (AvgIpc) is 2.94. The lowest BCUT2D eigenvalue weighted by molar-refractivity contribution is 0.269. The van der Waals surface area contributed by atoms with E-state index in [0.29, 0.717) is 25.4 Å². The van der Waals surface area contributed by atoms with Crippen LogP contribution in [0.4, 0.5) is 5.69 Å². The Balaban J connectivity index is 1.98. The number of rotatable bonds is 8. The number of aliphatic hydroxyl groups excluding tert-OH is 1. The van der Waals surface area contributed by atoms with Gasteiger partial charge in [-0.2, -0.15) is 5.10 Å². The Morgan fingerprint density at radius 1 is 1.33 bits per heavy atom. The smallest absolute Gasteiger partial charge is 0.162 e.